The SMILES string of the molecule is C=C1C=C(C(C)=O)C=C1C.CCc1ccc(C)cc1. The predicted octanol–water partition coefficient (Wildman–Crippen LogP) is 4.58. The Bertz CT molecular complexity index is 518. The number of benzene rings is 1. The predicted molar refractivity (Wildman–Crippen MR) is 82.2 cm³/mol. The van der Waals surface area contributed by atoms with Crippen molar-refractivity contribution in [3.63, 3.8) is 0 Å². The number of allylic oxidation sites excluding steroid dienone is 5. The Kier molecular flexibility index (Phi) is 5.50. The summed E-state index contributed by atoms with van der Waals surface area (Å²) in [5.41, 5.74) is 5.56. The number of rotatable bonds is 2. The van der Waals surface area contributed by atoms with Crippen LogP contribution in [0.2, 0.25) is 0 Å². The second kappa shape index (κ2) is 6.89. The van der Waals surface area contributed by atoms with Crippen LogP contribution in [0.25, 0.3) is 0 Å². The smallest absolute Gasteiger partial charge is 0.159 e. The molecule has 1 aromatic carbocycles. The Morgan fingerprint density at radius 3 is 2.00 bits per heavy atom. The maximum absolute atomic E-state index is 10.8. The van der Waals surface area contributed by atoms with Gasteiger partial charge in [-0.05, 0) is 56.1 Å². The van der Waals surface area contributed by atoms with Crippen LogP contribution in [0.15, 0.2) is 59.7 Å². The lowest BCUT2D eigenvalue weighted by Crippen LogP contribution is -1.89. The van der Waals surface area contributed by atoms with E-state index in [-0.39, 0.29) is 5.78 Å². The summed E-state index contributed by atoms with van der Waals surface area (Å²) in [5.74, 6) is 0.109. The molecule has 0 saturated carbocycles. The first-order chi connectivity index (χ1) is 8.93. The average Bonchev–Trinajstić information content (AvgIpc) is 2.72. The highest BCUT2D eigenvalue weighted by molar-refractivity contribution is 5.98. The van der Waals surface area contributed by atoms with E-state index in [9.17, 15) is 4.79 Å². The van der Waals surface area contributed by atoms with Crippen LogP contribution >= 0.6 is 0 Å². The molecule has 0 spiro atoms. The molecular formula is C18H22O. The number of hydrogen-bond donors (Lipinski definition) is 0. The lowest BCUT2D eigenvalue weighted by atomic mass is 10.1. The van der Waals surface area contributed by atoms with Crippen LogP contribution in [0.3, 0.4) is 0 Å². The molecule has 0 atom stereocenters. The highest BCUT2D eigenvalue weighted by Gasteiger charge is 2.08. The topological polar surface area (TPSA) is 17.1 Å². The van der Waals surface area contributed by atoms with E-state index >= 15 is 0 Å². The van der Waals surface area contributed by atoms with Crippen LogP contribution in [0.1, 0.15) is 31.9 Å². The van der Waals surface area contributed by atoms with Crippen LogP contribution in [-0.4, -0.2) is 5.78 Å². The molecule has 0 bridgehead atoms. The van der Waals surface area contributed by atoms with Crippen molar-refractivity contribution >= 4 is 5.78 Å². The zero-order valence-corrected chi connectivity index (χ0v) is 12.3. The first kappa shape index (κ1) is 15.2. The first-order valence-corrected chi connectivity index (χ1v) is 6.59. The van der Waals surface area contributed by atoms with Crippen molar-refractivity contribution in [1.82, 2.24) is 0 Å². The molecule has 0 saturated heterocycles. The molecule has 0 N–H and O–H groups in total. The third-order valence-corrected chi connectivity index (χ3v) is 3.14. The molecule has 0 aliphatic heterocycles. The number of Topliss-reactive ketones (excluding diaryl/α,β-unsaturated/α-hetero) is 1. The maximum Gasteiger partial charge on any atom is 0.159 e. The number of carbonyl (C=O) groups excluding carboxylic acids is 1. The van der Waals surface area contributed by atoms with Gasteiger partial charge in [0, 0.05) is 5.57 Å². The van der Waals surface area contributed by atoms with Crippen LogP contribution in [-0.2, 0) is 11.2 Å². The van der Waals surface area contributed by atoms with Crippen molar-refractivity contribution in [2.45, 2.75) is 34.1 Å². The van der Waals surface area contributed by atoms with E-state index < -0.39 is 0 Å². The Morgan fingerprint density at radius 1 is 1.11 bits per heavy atom. The van der Waals surface area contributed by atoms with E-state index in [1.165, 1.54) is 11.1 Å². The second-order valence-electron chi connectivity index (χ2n) is 4.85. The summed E-state index contributed by atoms with van der Waals surface area (Å²) in [6.07, 6.45) is 4.82. The molecule has 100 valence electrons. The summed E-state index contributed by atoms with van der Waals surface area (Å²) in [7, 11) is 0. The minimum absolute atomic E-state index is 0.109. The van der Waals surface area contributed by atoms with Crippen LogP contribution in [0.4, 0.5) is 0 Å². The van der Waals surface area contributed by atoms with Gasteiger partial charge in [0.25, 0.3) is 0 Å². The number of carbonyl (C=O) groups is 1. The van der Waals surface area contributed by atoms with Gasteiger partial charge in [0.15, 0.2) is 5.78 Å². The second-order valence-corrected chi connectivity index (χ2v) is 4.85. The molecule has 2 rings (SSSR count). The van der Waals surface area contributed by atoms with E-state index in [0.29, 0.717) is 0 Å². The van der Waals surface area contributed by atoms with E-state index in [4.69, 9.17) is 0 Å². The molecule has 1 aliphatic carbocycles. The minimum Gasteiger partial charge on any atom is -0.295 e. The van der Waals surface area contributed by atoms with Gasteiger partial charge in [0.2, 0.25) is 0 Å². The van der Waals surface area contributed by atoms with Crippen molar-refractivity contribution in [3.05, 3.63) is 70.8 Å². The number of hydrogen-bond acceptors (Lipinski definition) is 1. The summed E-state index contributed by atoms with van der Waals surface area (Å²) in [6.45, 7) is 11.6. The standard InChI is InChI=1S/C9H10O.C9H12/c1-6-4-9(8(3)10)5-7(6)2;1-3-9-6-4-8(2)5-7-9/h4-5H,1H2,2-3H3;4-7H,3H2,1-2H3. The van der Waals surface area contributed by atoms with Crippen molar-refractivity contribution in [2.75, 3.05) is 0 Å². The molecule has 0 heterocycles. The monoisotopic (exact) mass is 254 g/mol. The lowest BCUT2D eigenvalue weighted by molar-refractivity contribution is -0.113. The fraction of sp³-hybridized carbons (Fsp3) is 0.278. The average molecular weight is 254 g/mol. The highest BCUT2D eigenvalue weighted by atomic mass is 16.1. The zero-order valence-electron chi connectivity index (χ0n) is 12.3. The van der Waals surface area contributed by atoms with Gasteiger partial charge in [0.05, 0.1) is 0 Å². The van der Waals surface area contributed by atoms with Gasteiger partial charge in [0.1, 0.15) is 0 Å². The normalized spacial score (nSPS) is 13.4. The van der Waals surface area contributed by atoms with Gasteiger partial charge in [-0.3, -0.25) is 4.79 Å². The Morgan fingerprint density at radius 2 is 1.68 bits per heavy atom. The van der Waals surface area contributed by atoms with E-state index in [1.54, 1.807) is 6.92 Å². The molecule has 1 aliphatic rings. The van der Waals surface area contributed by atoms with Crippen LogP contribution < -0.4 is 0 Å². The Hall–Kier alpha value is -1.89. The van der Waals surface area contributed by atoms with Gasteiger partial charge in [-0.1, -0.05) is 43.3 Å². The highest BCUT2D eigenvalue weighted by Crippen LogP contribution is 2.21. The molecule has 0 fully saturated rings. The number of ketones is 1. The molecule has 0 unspecified atom stereocenters. The fourth-order valence-corrected chi connectivity index (χ4v) is 1.70. The summed E-state index contributed by atoms with van der Waals surface area (Å²) in [5, 5.41) is 0. The number of aryl methyl sites for hydroxylation is 2. The van der Waals surface area contributed by atoms with Crippen molar-refractivity contribution in [1.29, 1.82) is 0 Å². The molecule has 0 radical (unpaired) electrons. The molecule has 1 aromatic rings. The van der Waals surface area contributed by atoms with Crippen molar-refractivity contribution in [3.8, 4) is 0 Å². The largest absolute Gasteiger partial charge is 0.295 e. The molecule has 1 nitrogen and oxygen atoms in total. The third kappa shape index (κ3) is 4.70. The summed E-state index contributed by atoms with van der Waals surface area (Å²) in [6, 6.07) is 8.66. The quantitative estimate of drug-likeness (QED) is 0.755. The van der Waals surface area contributed by atoms with Gasteiger partial charge < -0.3 is 0 Å². The Balaban J connectivity index is 0.000000191. The molecule has 19 heavy (non-hydrogen) atoms. The maximum atomic E-state index is 10.8. The summed E-state index contributed by atoms with van der Waals surface area (Å²) >= 11 is 0. The lowest BCUT2D eigenvalue weighted by Gasteiger charge is -1.94. The van der Waals surface area contributed by atoms with E-state index in [2.05, 4.69) is 44.7 Å². The molecule has 0 aromatic heterocycles. The van der Waals surface area contributed by atoms with Gasteiger partial charge in [-0.25, -0.2) is 0 Å². The van der Waals surface area contributed by atoms with Gasteiger partial charge >= 0.3 is 0 Å². The van der Waals surface area contributed by atoms with Crippen LogP contribution in [0.5, 0.6) is 0 Å². The Labute approximate surface area is 116 Å². The molecular weight excluding hydrogens is 232 g/mol. The summed E-state index contributed by atoms with van der Waals surface area (Å²) in [4.78, 5) is 10.8. The van der Waals surface area contributed by atoms with Gasteiger partial charge in [-0.15, -0.1) is 0 Å². The van der Waals surface area contributed by atoms with E-state index in [1.807, 2.05) is 19.1 Å². The van der Waals surface area contributed by atoms with Gasteiger partial charge in [-0.2, -0.15) is 0 Å². The minimum atomic E-state index is 0.109. The van der Waals surface area contributed by atoms with E-state index in [0.717, 1.165) is 23.1 Å². The zero-order chi connectivity index (χ0) is 14.4. The molecule has 1 heteroatoms. The van der Waals surface area contributed by atoms with Crippen LogP contribution in [0, 0.1) is 6.92 Å². The van der Waals surface area contributed by atoms with Crippen molar-refractivity contribution < 1.29 is 4.79 Å². The fourth-order valence-electron chi connectivity index (χ4n) is 1.70. The summed E-state index contributed by atoms with van der Waals surface area (Å²) < 4.78 is 0. The molecule has 0 amide bonds. The first-order valence-electron chi connectivity index (χ1n) is 6.59. The third-order valence-electron chi connectivity index (χ3n) is 3.14. The van der Waals surface area contributed by atoms with Crippen molar-refractivity contribution in [2.24, 2.45) is 0 Å².